The summed E-state index contributed by atoms with van der Waals surface area (Å²) in [5, 5.41) is 0. The SMILES string of the molecule is CS(=O)c1ccc(C(=O)N(CCc2ccccc2)Cc2ccccc2)cc1. The molecule has 0 aliphatic heterocycles. The van der Waals surface area contributed by atoms with Crippen LogP contribution in [-0.4, -0.2) is 27.8 Å². The molecule has 0 fully saturated rings. The quantitative estimate of drug-likeness (QED) is 0.615. The number of carbonyl (C=O) groups excluding carboxylic acids is 1. The predicted octanol–water partition coefficient (Wildman–Crippen LogP) is 4.31. The number of benzene rings is 3. The summed E-state index contributed by atoms with van der Waals surface area (Å²) in [4.78, 5) is 15.7. The van der Waals surface area contributed by atoms with Gasteiger partial charge in [-0.1, -0.05) is 60.7 Å². The molecule has 1 amide bonds. The summed E-state index contributed by atoms with van der Waals surface area (Å²) in [5.74, 6) is -0.0109. The van der Waals surface area contributed by atoms with E-state index in [4.69, 9.17) is 0 Å². The summed E-state index contributed by atoms with van der Waals surface area (Å²) in [6.07, 6.45) is 2.44. The monoisotopic (exact) mass is 377 g/mol. The maximum Gasteiger partial charge on any atom is 0.254 e. The van der Waals surface area contributed by atoms with E-state index in [1.54, 1.807) is 30.5 Å². The van der Waals surface area contributed by atoms with Crippen LogP contribution in [0.15, 0.2) is 89.8 Å². The maximum absolute atomic E-state index is 13.1. The van der Waals surface area contributed by atoms with Gasteiger partial charge in [0.05, 0.1) is 0 Å². The summed E-state index contributed by atoms with van der Waals surface area (Å²) < 4.78 is 11.6. The van der Waals surface area contributed by atoms with Crippen molar-refractivity contribution in [2.75, 3.05) is 12.8 Å². The molecule has 0 bridgehead atoms. The van der Waals surface area contributed by atoms with Crippen molar-refractivity contribution in [1.29, 1.82) is 0 Å². The molecule has 3 rings (SSSR count). The highest BCUT2D eigenvalue weighted by Gasteiger charge is 2.16. The predicted molar refractivity (Wildman–Crippen MR) is 110 cm³/mol. The van der Waals surface area contributed by atoms with Gasteiger partial charge in [-0.05, 0) is 41.8 Å². The summed E-state index contributed by atoms with van der Waals surface area (Å²) in [6, 6.07) is 27.3. The first-order valence-electron chi connectivity index (χ1n) is 8.94. The highest BCUT2D eigenvalue weighted by Crippen LogP contribution is 2.14. The standard InChI is InChI=1S/C23H23NO2S/c1-27(26)22-14-12-21(13-15-22)23(25)24(18-20-10-6-3-7-11-20)17-16-19-8-4-2-5-9-19/h2-15H,16-18H2,1H3. The third kappa shape index (κ3) is 5.38. The van der Waals surface area contributed by atoms with Gasteiger partial charge in [0.25, 0.3) is 5.91 Å². The van der Waals surface area contributed by atoms with Crippen LogP contribution in [0, 0.1) is 0 Å². The van der Waals surface area contributed by atoms with Crippen LogP contribution in [0.4, 0.5) is 0 Å². The van der Waals surface area contributed by atoms with Gasteiger partial charge in [0, 0.05) is 40.6 Å². The molecule has 0 radical (unpaired) electrons. The largest absolute Gasteiger partial charge is 0.334 e. The van der Waals surface area contributed by atoms with Gasteiger partial charge in [-0.25, -0.2) is 0 Å². The molecule has 3 aromatic rings. The molecule has 1 atom stereocenters. The van der Waals surface area contributed by atoms with E-state index in [0.29, 0.717) is 18.7 Å². The van der Waals surface area contributed by atoms with Crippen molar-refractivity contribution in [2.45, 2.75) is 17.9 Å². The number of hydrogen-bond donors (Lipinski definition) is 0. The van der Waals surface area contributed by atoms with Crippen LogP contribution < -0.4 is 0 Å². The first-order chi connectivity index (χ1) is 13.1. The van der Waals surface area contributed by atoms with Gasteiger partial charge < -0.3 is 4.90 Å². The molecule has 0 N–H and O–H groups in total. The molecule has 0 saturated carbocycles. The molecule has 0 saturated heterocycles. The van der Waals surface area contributed by atoms with E-state index in [0.717, 1.165) is 16.9 Å². The molecule has 0 aliphatic carbocycles. The van der Waals surface area contributed by atoms with E-state index in [1.807, 2.05) is 53.4 Å². The first-order valence-corrected chi connectivity index (χ1v) is 10.5. The Kier molecular flexibility index (Phi) is 6.55. The van der Waals surface area contributed by atoms with Gasteiger partial charge in [0.2, 0.25) is 0 Å². The van der Waals surface area contributed by atoms with Crippen molar-refractivity contribution in [1.82, 2.24) is 4.90 Å². The van der Waals surface area contributed by atoms with Crippen molar-refractivity contribution < 1.29 is 9.00 Å². The number of hydrogen-bond acceptors (Lipinski definition) is 2. The summed E-state index contributed by atoms with van der Waals surface area (Å²) in [5.41, 5.74) is 2.93. The average Bonchev–Trinajstić information content (AvgIpc) is 2.72. The fraction of sp³-hybridized carbons (Fsp3) is 0.174. The van der Waals surface area contributed by atoms with Crippen LogP contribution >= 0.6 is 0 Å². The Morgan fingerprint density at radius 2 is 1.37 bits per heavy atom. The third-order valence-electron chi connectivity index (χ3n) is 4.45. The summed E-state index contributed by atoms with van der Waals surface area (Å²) >= 11 is 0. The van der Waals surface area contributed by atoms with Crippen molar-refractivity contribution in [2.24, 2.45) is 0 Å². The Morgan fingerprint density at radius 1 is 0.815 bits per heavy atom. The van der Waals surface area contributed by atoms with Crippen molar-refractivity contribution >= 4 is 16.7 Å². The molecular weight excluding hydrogens is 354 g/mol. The van der Waals surface area contributed by atoms with E-state index < -0.39 is 10.8 Å². The van der Waals surface area contributed by atoms with Gasteiger partial charge in [-0.3, -0.25) is 9.00 Å². The second-order valence-corrected chi connectivity index (χ2v) is 7.81. The Balaban J connectivity index is 1.78. The van der Waals surface area contributed by atoms with Crippen molar-refractivity contribution in [3.63, 3.8) is 0 Å². The molecule has 0 heterocycles. The Bertz CT molecular complexity index is 893. The van der Waals surface area contributed by atoms with E-state index in [9.17, 15) is 9.00 Å². The lowest BCUT2D eigenvalue weighted by Crippen LogP contribution is -2.32. The molecule has 1 unspecified atom stereocenters. The Morgan fingerprint density at radius 3 is 1.93 bits per heavy atom. The number of rotatable bonds is 7. The lowest BCUT2D eigenvalue weighted by Gasteiger charge is -2.23. The zero-order chi connectivity index (χ0) is 19.1. The fourth-order valence-electron chi connectivity index (χ4n) is 2.94. The normalized spacial score (nSPS) is 11.7. The molecule has 27 heavy (non-hydrogen) atoms. The summed E-state index contributed by atoms with van der Waals surface area (Å²) in [7, 11) is -1.05. The Hall–Kier alpha value is -2.72. The second-order valence-electron chi connectivity index (χ2n) is 6.43. The minimum atomic E-state index is -1.05. The third-order valence-corrected chi connectivity index (χ3v) is 5.39. The van der Waals surface area contributed by atoms with Gasteiger partial charge >= 0.3 is 0 Å². The Labute approximate surface area is 163 Å². The number of carbonyl (C=O) groups is 1. The van der Waals surface area contributed by atoms with E-state index in [1.165, 1.54) is 5.56 Å². The molecule has 3 aromatic carbocycles. The number of amides is 1. The summed E-state index contributed by atoms with van der Waals surface area (Å²) in [6.45, 7) is 1.20. The van der Waals surface area contributed by atoms with Gasteiger partial charge in [0.15, 0.2) is 0 Å². The molecule has 3 nitrogen and oxygen atoms in total. The van der Waals surface area contributed by atoms with Crippen LogP contribution in [0.2, 0.25) is 0 Å². The topological polar surface area (TPSA) is 37.4 Å². The van der Waals surface area contributed by atoms with Crippen LogP contribution in [0.25, 0.3) is 0 Å². The smallest absolute Gasteiger partial charge is 0.254 e. The molecule has 0 aliphatic rings. The van der Waals surface area contributed by atoms with E-state index >= 15 is 0 Å². The molecule has 0 spiro atoms. The lowest BCUT2D eigenvalue weighted by atomic mass is 10.1. The van der Waals surface area contributed by atoms with Gasteiger partial charge in [0.1, 0.15) is 0 Å². The maximum atomic E-state index is 13.1. The number of nitrogens with zero attached hydrogens (tertiary/aromatic N) is 1. The highest BCUT2D eigenvalue weighted by atomic mass is 32.2. The van der Waals surface area contributed by atoms with E-state index in [2.05, 4.69) is 12.1 Å². The van der Waals surface area contributed by atoms with E-state index in [-0.39, 0.29) is 5.91 Å². The van der Waals surface area contributed by atoms with Crippen LogP contribution in [0.1, 0.15) is 21.5 Å². The average molecular weight is 378 g/mol. The molecule has 0 aromatic heterocycles. The molecule has 4 heteroatoms. The minimum absolute atomic E-state index is 0.0109. The highest BCUT2D eigenvalue weighted by molar-refractivity contribution is 7.84. The second kappa shape index (κ2) is 9.28. The minimum Gasteiger partial charge on any atom is -0.334 e. The van der Waals surface area contributed by atoms with Crippen molar-refractivity contribution in [3.8, 4) is 0 Å². The molecule has 138 valence electrons. The van der Waals surface area contributed by atoms with Gasteiger partial charge in [-0.2, -0.15) is 0 Å². The van der Waals surface area contributed by atoms with Crippen LogP contribution in [0.3, 0.4) is 0 Å². The van der Waals surface area contributed by atoms with Crippen LogP contribution in [-0.2, 0) is 23.8 Å². The van der Waals surface area contributed by atoms with Gasteiger partial charge in [-0.15, -0.1) is 0 Å². The van der Waals surface area contributed by atoms with Crippen molar-refractivity contribution in [3.05, 3.63) is 102 Å². The lowest BCUT2D eigenvalue weighted by molar-refractivity contribution is 0.0745. The molecular formula is C23H23NO2S. The first kappa shape index (κ1) is 19.1. The van der Waals surface area contributed by atoms with Crippen LogP contribution in [0.5, 0.6) is 0 Å². The fourth-order valence-corrected chi connectivity index (χ4v) is 3.46. The zero-order valence-corrected chi connectivity index (χ0v) is 16.2. The zero-order valence-electron chi connectivity index (χ0n) is 15.4.